The normalized spacial score (nSPS) is 12.2. The van der Waals surface area contributed by atoms with Crippen molar-refractivity contribution in [2.75, 3.05) is 6.26 Å². The summed E-state index contributed by atoms with van der Waals surface area (Å²) in [4.78, 5) is 16.9. The first-order chi connectivity index (χ1) is 16.9. The molecule has 1 aromatic heterocycles. The molecule has 0 aliphatic heterocycles. The number of benzene rings is 3. The summed E-state index contributed by atoms with van der Waals surface area (Å²) in [6.45, 7) is 3.84. The van der Waals surface area contributed by atoms with Crippen molar-refractivity contribution in [2.24, 2.45) is 0 Å². The van der Waals surface area contributed by atoms with Crippen molar-refractivity contribution in [3.05, 3.63) is 89.6 Å². The molecule has 9 heteroatoms. The number of hydrogen-bond acceptors (Lipinski definition) is 5. The maximum atomic E-state index is 13.6. The van der Waals surface area contributed by atoms with Gasteiger partial charge in [-0.3, -0.25) is 4.98 Å². The number of nitrogens with zero attached hydrogens (tertiary/aromatic N) is 1. The van der Waals surface area contributed by atoms with Crippen LogP contribution < -0.4 is 4.74 Å². The molecule has 0 spiro atoms. The number of para-hydroxylation sites is 1. The minimum Gasteiger partial charge on any atom is -0.423 e. The third kappa shape index (κ3) is 5.11. The van der Waals surface area contributed by atoms with E-state index in [1.165, 1.54) is 36.5 Å². The number of carbonyl (C=O) groups is 1. The van der Waals surface area contributed by atoms with Crippen LogP contribution in [0.25, 0.3) is 22.0 Å². The van der Waals surface area contributed by atoms with Gasteiger partial charge in [-0.2, -0.15) is 13.2 Å². The van der Waals surface area contributed by atoms with E-state index in [0.717, 1.165) is 17.9 Å². The summed E-state index contributed by atoms with van der Waals surface area (Å²) >= 11 is 0. The Kier molecular flexibility index (Phi) is 6.62. The molecule has 186 valence electrons. The number of hydrogen-bond donors (Lipinski definition) is 0. The zero-order valence-corrected chi connectivity index (χ0v) is 20.4. The Morgan fingerprint density at radius 3 is 2.25 bits per heavy atom. The van der Waals surface area contributed by atoms with Crippen LogP contribution in [0.15, 0.2) is 77.8 Å². The molecular formula is C27H22F3NO4S. The Morgan fingerprint density at radius 1 is 0.972 bits per heavy atom. The van der Waals surface area contributed by atoms with E-state index in [2.05, 4.69) is 4.98 Å². The molecule has 0 fully saturated rings. The van der Waals surface area contributed by atoms with Crippen LogP contribution in [0.2, 0.25) is 0 Å². The molecule has 0 bridgehead atoms. The van der Waals surface area contributed by atoms with E-state index < -0.39 is 27.5 Å². The number of fused-ring (bicyclic) bond motifs is 1. The summed E-state index contributed by atoms with van der Waals surface area (Å²) < 4.78 is 69.7. The fraction of sp³-hybridized carbons (Fsp3) is 0.185. The van der Waals surface area contributed by atoms with Gasteiger partial charge in [-0.15, -0.1) is 0 Å². The summed E-state index contributed by atoms with van der Waals surface area (Å²) in [5.41, 5.74) is 1.08. The van der Waals surface area contributed by atoms with Gasteiger partial charge in [0.05, 0.1) is 21.5 Å². The standard InChI is InChI=1S/C27H22F3NO4S/c1-16(2)22-15-31-25-21(8-5-9-23(25)27(28,29)30)24(22)18-6-4-7-19(14-18)35-26(32)17-10-12-20(13-11-17)36(3,33)34/h4-16H,1-3H3. The van der Waals surface area contributed by atoms with Crippen molar-refractivity contribution in [1.29, 1.82) is 0 Å². The topological polar surface area (TPSA) is 73.3 Å². The van der Waals surface area contributed by atoms with Gasteiger partial charge < -0.3 is 4.74 Å². The van der Waals surface area contributed by atoms with Crippen molar-refractivity contribution in [3.63, 3.8) is 0 Å². The molecule has 0 atom stereocenters. The first-order valence-corrected chi connectivity index (χ1v) is 12.9. The highest BCUT2D eigenvalue weighted by atomic mass is 32.2. The van der Waals surface area contributed by atoms with Crippen LogP contribution in [0.3, 0.4) is 0 Å². The van der Waals surface area contributed by atoms with Crippen molar-refractivity contribution in [1.82, 2.24) is 4.98 Å². The Labute approximate surface area is 206 Å². The molecule has 0 amide bonds. The number of esters is 1. The third-order valence-corrected chi connectivity index (χ3v) is 6.83. The largest absolute Gasteiger partial charge is 0.423 e. The quantitative estimate of drug-likeness (QED) is 0.220. The summed E-state index contributed by atoms with van der Waals surface area (Å²) in [6.07, 6.45) is -2.04. The van der Waals surface area contributed by atoms with Crippen LogP contribution in [-0.2, 0) is 16.0 Å². The number of halogens is 3. The van der Waals surface area contributed by atoms with Crippen LogP contribution in [-0.4, -0.2) is 25.6 Å². The van der Waals surface area contributed by atoms with E-state index in [-0.39, 0.29) is 27.6 Å². The first kappa shape index (κ1) is 25.4. The first-order valence-electron chi connectivity index (χ1n) is 11.0. The molecule has 0 unspecified atom stereocenters. The monoisotopic (exact) mass is 513 g/mol. The van der Waals surface area contributed by atoms with Crippen LogP contribution in [0, 0.1) is 0 Å². The number of carbonyl (C=O) groups excluding carboxylic acids is 1. The molecule has 0 radical (unpaired) electrons. The van der Waals surface area contributed by atoms with Gasteiger partial charge in [-0.1, -0.05) is 38.1 Å². The van der Waals surface area contributed by atoms with Gasteiger partial charge in [0.2, 0.25) is 0 Å². The van der Waals surface area contributed by atoms with Crippen molar-refractivity contribution < 1.29 is 31.1 Å². The lowest BCUT2D eigenvalue weighted by atomic mass is 9.90. The van der Waals surface area contributed by atoms with Gasteiger partial charge in [0.15, 0.2) is 9.84 Å². The summed E-state index contributed by atoms with van der Waals surface area (Å²) in [6, 6.07) is 15.8. The molecule has 0 N–H and O–H groups in total. The van der Waals surface area contributed by atoms with Gasteiger partial charge in [0.1, 0.15) is 5.75 Å². The number of aromatic nitrogens is 1. The van der Waals surface area contributed by atoms with E-state index in [1.54, 1.807) is 30.3 Å². The minimum atomic E-state index is -4.56. The van der Waals surface area contributed by atoms with Crippen molar-refractivity contribution >= 4 is 26.7 Å². The Balaban J connectivity index is 1.76. The predicted octanol–water partition coefficient (Wildman–Crippen LogP) is 6.67. The molecule has 4 rings (SSSR count). The van der Waals surface area contributed by atoms with E-state index in [9.17, 15) is 26.4 Å². The molecule has 5 nitrogen and oxygen atoms in total. The maximum Gasteiger partial charge on any atom is 0.418 e. The predicted molar refractivity (Wildman–Crippen MR) is 131 cm³/mol. The number of pyridine rings is 1. The maximum absolute atomic E-state index is 13.6. The molecule has 0 aliphatic carbocycles. The molecule has 1 heterocycles. The summed E-state index contributed by atoms with van der Waals surface area (Å²) in [5, 5.41) is 0.343. The third-order valence-electron chi connectivity index (χ3n) is 5.71. The van der Waals surface area contributed by atoms with Gasteiger partial charge in [0.25, 0.3) is 0 Å². The fourth-order valence-electron chi connectivity index (χ4n) is 3.95. The van der Waals surface area contributed by atoms with Crippen LogP contribution in [0.1, 0.15) is 41.3 Å². The van der Waals surface area contributed by atoms with E-state index in [0.29, 0.717) is 16.5 Å². The Morgan fingerprint density at radius 2 is 1.64 bits per heavy atom. The average molecular weight is 514 g/mol. The number of ether oxygens (including phenoxy) is 1. The Hall–Kier alpha value is -3.72. The molecule has 0 saturated heterocycles. The van der Waals surface area contributed by atoms with Gasteiger partial charge in [-0.25, -0.2) is 13.2 Å². The highest BCUT2D eigenvalue weighted by Gasteiger charge is 2.33. The molecule has 3 aromatic carbocycles. The molecular weight excluding hydrogens is 491 g/mol. The lowest BCUT2D eigenvalue weighted by Gasteiger charge is -2.18. The van der Waals surface area contributed by atoms with E-state index in [4.69, 9.17) is 4.74 Å². The molecule has 0 saturated carbocycles. The van der Waals surface area contributed by atoms with Crippen molar-refractivity contribution in [2.45, 2.75) is 30.8 Å². The SMILES string of the molecule is CC(C)c1cnc2c(C(F)(F)F)cccc2c1-c1cccc(OC(=O)c2ccc(S(C)(=O)=O)cc2)c1. The summed E-state index contributed by atoms with van der Waals surface area (Å²) in [5.74, 6) is -0.544. The Bertz CT molecular complexity index is 1560. The number of sulfone groups is 1. The smallest absolute Gasteiger partial charge is 0.418 e. The van der Waals surface area contributed by atoms with Crippen molar-refractivity contribution in [3.8, 4) is 16.9 Å². The average Bonchev–Trinajstić information content (AvgIpc) is 2.82. The van der Waals surface area contributed by atoms with Gasteiger partial charge in [0, 0.05) is 17.8 Å². The molecule has 0 aliphatic rings. The minimum absolute atomic E-state index is 0.0361. The highest BCUT2D eigenvalue weighted by Crippen LogP contribution is 2.40. The molecule has 4 aromatic rings. The van der Waals surface area contributed by atoms with Crippen LogP contribution in [0.4, 0.5) is 13.2 Å². The lowest BCUT2D eigenvalue weighted by Crippen LogP contribution is -2.09. The van der Waals surface area contributed by atoms with Gasteiger partial charge in [-0.05, 0) is 65.1 Å². The highest BCUT2D eigenvalue weighted by molar-refractivity contribution is 7.90. The fourth-order valence-corrected chi connectivity index (χ4v) is 4.58. The second-order valence-corrected chi connectivity index (χ2v) is 10.7. The zero-order valence-electron chi connectivity index (χ0n) is 19.6. The van der Waals surface area contributed by atoms with E-state index in [1.807, 2.05) is 13.8 Å². The van der Waals surface area contributed by atoms with Crippen LogP contribution in [0.5, 0.6) is 5.75 Å². The second kappa shape index (κ2) is 9.39. The zero-order chi connectivity index (χ0) is 26.3. The molecule has 36 heavy (non-hydrogen) atoms. The lowest BCUT2D eigenvalue weighted by molar-refractivity contribution is -0.136. The van der Waals surface area contributed by atoms with E-state index >= 15 is 0 Å². The number of alkyl halides is 3. The second-order valence-electron chi connectivity index (χ2n) is 8.66. The number of rotatable bonds is 5. The van der Waals surface area contributed by atoms with Gasteiger partial charge >= 0.3 is 12.1 Å². The summed E-state index contributed by atoms with van der Waals surface area (Å²) in [7, 11) is -3.41. The van der Waals surface area contributed by atoms with Crippen LogP contribution >= 0.6 is 0 Å².